The SMILES string of the molecule is NC(CSc1ccc(Cl)cc1)Cc1c(F)ccc(Br)c1F. The molecule has 0 bridgehead atoms. The average molecular weight is 393 g/mol. The van der Waals surface area contributed by atoms with Gasteiger partial charge in [-0.05, 0) is 58.7 Å². The minimum absolute atomic E-state index is 0.0218. The van der Waals surface area contributed by atoms with Gasteiger partial charge in [0, 0.05) is 27.3 Å². The van der Waals surface area contributed by atoms with E-state index in [9.17, 15) is 8.78 Å². The first-order valence-corrected chi connectivity index (χ1v) is 8.39. The average Bonchev–Trinajstić information content (AvgIpc) is 2.47. The van der Waals surface area contributed by atoms with Gasteiger partial charge in [-0.1, -0.05) is 11.6 Å². The van der Waals surface area contributed by atoms with Crippen LogP contribution in [0.25, 0.3) is 0 Å². The largest absolute Gasteiger partial charge is 0.327 e. The predicted octanol–water partition coefficient (Wildman–Crippen LogP) is 5.04. The van der Waals surface area contributed by atoms with Gasteiger partial charge in [0.15, 0.2) is 0 Å². The third-order valence-electron chi connectivity index (χ3n) is 2.88. The van der Waals surface area contributed by atoms with Crippen molar-refractivity contribution in [2.75, 3.05) is 5.75 Å². The van der Waals surface area contributed by atoms with Crippen LogP contribution in [0.15, 0.2) is 45.8 Å². The van der Waals surface area contributed by atoms with Gasteiger partial charge >= 0.3 is 0 Å². The van der Waals surface area contributed by atoms with Crippen molar-refractivity contribution in [2.45, 2.75) is 17.4 Å². The van der Waals surface area contributed by atoms with Crippen molar-refractivity contribution >= 4 is 39.3 Å². The highest BCUT2D eigenvalue weighted by Gasteiger charge is 2.15. The van der Waals surface area contributed by atoms with E-state index in [1.54, 1.807) is 12.1 Å². The number of hydrogen-bond donors (Lipinski definition) is 1. The van der Waals surface area contributed by atoms with Gasteiger partial charge in [-0.25, -0.2) is 8.78 Å². The van der Waals surface area contributed by atoms with Crippen molar-refractivity contribution < 1.29 is 8.78 Å². The van der Waals surface area contributed by atoms with E-state index in [-0.39, 0.29) is 22.5 Å². The van der Waals surface area contributed by atoms with E-state index >= 15 is 0 Å². The minimum atomic E-state index is -0.582. The third-order valence-corrected chi connectivity index (χ3v) is 4.95. The molecule has 2 aromatic rings. The van der Waals surface area contributed by atoms with Crippen molar-refractivity contribution in [3.8, 4) is 0 Å². The van der Waals surface area contributed by atoms with E-state index in [2.05, 4.69) is 15.9 Å². The van der Waals surface area contributed by atoms with Crippen LogP contribution < -0.4 is 5.73 Å². The van der Waals surface area contributed by atoms with Crippen molar-refractivity contribution in [3.63, 3.8) is 0 Å². The van der Waals surface area contributed by atoms with Gasteiger partial charge in [0.1, 0.15) is 11.6 Å². The minimum Gasteiger partial charge on any atom is -0.327 e. The molecule has 0 spiro atoms. The molecule has 0 saturated heterocycles. The summed E-state index contributed by atoms with van der Waals surface area (Å²) in [7, 11) is 0. The number of nitrogens with two attached hydrogens (primary N) is 1. The fourth-order valence-corrected chi connectivity index (χ4v) is 3.16. The topological polar surface area (TPSA) is 26.0 Å². The number of halogens is 4. The maximum absolute atomic E-state index is 13.9. The molecule has 0 aliphatic carbocycles. The maximum Gasteiger partial charge on any atom is 0.143 e. The maximum atomic E-state index is 13.9. The predicted molar refractivity (Wildman–Crippen MR) is 87.9 cm³/mol. The fourth-order valence-electron chi connectivity index (χ4n) is 1.81. The summed E-state index contributed by atoms with van der Waals surface area (Å²) >= 11 is 10.4. The van der Waals surface area contributed by atoms with E-state index in [0.29, 0.717) is 10.8 Å². The van der Waals surface area contributed by atoms with Crippen LogP contribution in [0, 0.1) is 11.6 Å². The number of benzene rings is 2. The smallest absolute Gasteiger partial charge is 0.143 e. The molecule has 0 saturated carbocycles. The van der Waals surface area contributed by atoms with Crippen molar-refractivity contribution in [2.24, 2.45) is 5.73 Å². The third kappa shape index (κ3) is 4.68. The molecule has 2 aromatic carbocycles. The summed E-state index contributed by atoms with van der Waals surface area (Å²) in [6.07, 6.45) is 0.150. The first-order chi connectivity index (χ1) is 9.97. The molecular weight excluding hydrogens is 380 g/mol. The molecule has 0 heterocycles. The Balaban J connectivity index is 1.97. The second kappa shape index (κ2) is 7.58. The zero-order chi connectivity index (χ0) is 15.4. The van der Waals surface area contributed by atoms with Crippen molar-refractivity contribution in [3.05, 3.63) is 63.1 Å². The Bertz CT molecular complexity index is 622. The molecule has 6 heteroatoms. The highest BCUT2D eigenvalue weighted by molar-refractivity contribution is 9.10. The molecule has 112 valence electrons. The van der Waals surface area contributed by atoms with Crippen LogP contribution in [0.1, 0.15) is 5.56 Å². The summed E-state index contributed by atoms with van der Waals surface area (Å²) < 4.78 is 27.8. The van der Waals surface area contributed by atoms with Crippen LogP contribution in [0.2, 0.25) is 5.02 Å². The van der Waals surface area contributed by atoms with Crippen LogP contribution in [-0.2, 0) is 6.42 Å². The van der Waals surface area contributed by atoms with Gasteiger partial charge in [-0.3, -0.25) is 0 Å². The molecule has 2 rings (SSSR count). The van der Waals surface area contributed by atoms with E-state index in [0.717, 1.165) is 4.90 Å². The van der Waals surface area contributed by atoms with Gasteiger partial charge in [-0.15, -0.1) is 11.8 Å². The molecule has 1 unspecified atom stereocenters. The molecule has 21 heavy (non-hydrogen) atoms. The van der Waals surface area contributed by atoms with Gasteiger partial charge in [0.25, 0.3) is 0 Å². The second-order valence-corrected chi connectivity index (χ2v) is 6.94. The van der Waals surface area contributed by atoms with Gasteiger partial charge in [-0.2, -0.15) is 0 Å². The summed E-state index contributed by atoms with van der Waals surface area (Å²) in [5.41, 5.74) is 6.00. The lowest BCUT2D eigenvalue weighted by Gasteiger charge is -2.13. The summed E-state index contributed by atoms with van der Waals surface area (Å²) in [6.45, 7) is 0. The zero-order valence-corrected chi connectivity index (χ0v) is 14.1. The lowest BCUT2D eigenvalue weighted by atomic mass is 10.1. The van der Waals surface area contributed by atoms with Crippen LogP contribution in [-0.4, -0.2) is 11.8 Å². The number of rotatable bonds is 5. The first kappa shape index (κ1) is 16.7. The lowest BCUT2D eigenvalue weighted by molar-refractivity contribution is 0.539. The highest BCUT2D eigenvalue weighted by atomic mass is 79.9. The molecule has 1 nitrogen and oxygen atoms in total. The van der Waals surface area contributed by atoms with E-state index in [1.165, 1.54) is 23.9 Å². The first-order valence-electron chi connectivity index (χ1n) is 6.23. The lowest BCUT2D eigenvalue weighted by Crippen LogP contribution is -2.26. The Morgan fingerprint density at radius 1 is 1.14 bits per heavy atom. The normalized spacial score (nSPS) is 12.4. The van der Waals surface area contributed by atoms with Crippen LogP contribution in [0.4, 0.5) is 8.78 Å². The highest BCUT2D eigenvalue weighted by Crippen LogP contribution is 2.25. The van der Waals surface area contributed by atoms with Crippen molar-refractivity contribution in [1.29, 1.82) is 0 Å². The van der Waals surface area contributed by atoms with Crippen LogP contribution in [0.3, 0.4) is 0 Å². The monoisotopic (exact) mass is 391 g/mol. The standard InChI is InChI=1S/C15H13BrClF2NS/c16-13-5-6-14(18)12(15(13)19)7-10(20)8-21-11-3-1-9(17)2-4-11/h1-6,10H,7-8,20H2. The Kier molecular flexibility index (Phi) is 6.05. The summed E-state index contributed by atoms with van der Waals surface area (Å²) in [5.74, 6) is -0.586. The zero-order valence-electron chi connectivity index (χ0n) is 11.0. The molecule has 0 fully saturated rings. The molecule has 1 atom stereocenters. The van der Waals surface area contributed by atoms with Crippen molar-refractivity contribution in [1.82, 2.24) is 0 Å². The second-order valence-electron chi connectivity index (χ2n) is 4.55. The quantitative estimate of drug-likeness (QED) is 0.569. The Labute approximate surface area is 140 Å². The Hall–Kier alpha value is -0.620. The van der Waals surface area contributed by atoms with Gasteiger partial charge in [0.2, 0.25) is 0 Å². The summed E-state index contributed by atoms with van der Waals surface area (Å²) in [5, 5.41) is 0.668. The Morgan fingerprint density at radius 2 is 1.81 bits per heavy atom. The molecule has 2 N–H and O–H groups in total. The van der Waals surface area contributed by atoms with Crippen LogP contribution >= 0.6 is 39.3 Å². The van der Waals surface area contributed by atoms with E-state index in [1.807, 2.05) is 12.1 Å². The molecule has 0 amide bonds. The summed E-state index contributed by atoms with van der Waals surface area (Å²) in [4.78, 5) is 1.02. The van der Waals surface area contributed by atoms with Gasteiger partial charge < -0.3 is 5.73 Å². The molecule has 0 radical (unpaired) electrons. The molecular formula is C15H13BrClF2NS. The van der Waals surface area contributed by atoms with E-state index in [4.69, 9.17) is 17.3 Å². The fraction of sp³-hybridized carbons (Fsp3) is 0.200. The van der Waals surface area contributed by atoms with Crippen LogP contribution in [0.5, 0.6) is 0 Å². The molecule has 0 aromatic heterocycles. The number of hydrogen-bond acceptors (Lipinski definition) is 2. The Morgan fingerprint density at radius 3 is 2.48 bits per heavy atom. The van der Waals surface area contributed by atoms with E-state index < -0.39 is 11.6 Å². The molecule has 0 aliphatic heterocycles. The summed E-state index contributed by atoms with van der Waals surface area (Å²) in [6, 6.07) is 9.61. The van der Waals surface area contributed by atoms with Gasteiger partial charge in [0.05, 0.1) is 4.47 Å². The molecule has 0 aliphatic rings. The number of thioether (sulfide) groups is 1.